The van der Waals surface area contributed by atoms with Crippen LogP contribution in [0.3, 0.4) is 0 Å². The maximum atomic E-state index is 12.9. The Morgan fingerprint density at radius 3 is 2.31 bits per heavy atom. The molecule has 1 saturated heterocycles. The molecule has 2 aromatic rings. The molecule has 1 aliphatic heterocycles. The first-order chi connectivity index (χ1) is 21.4. The van der Waals surface area contributed by atoms with E-state index in [0.717, 1.165) is 33.1 Å². The molecule has 0 spiro atoms. The molecule has 3 rings (SSSR count). The Balaban J connectivity index is 1.80. The summed E-state index contributed by atoms with van der Waals surface area (Å²) in [6.45, 7) is 5.21. The first-order valence-corrected chi connectivity index (χ1v) is 13.2. The molecule has 0 radical (unpaired) electrons. The van der Waals surface area contributed by atoms with Crippen LogP contribution >= 0.6 is 0 Å². The molecule has 1 heterocycles. The molecule has 4 atom stereocenters. The normalized spacial score (nSPS) is 18.8. The molecule has 2 unspecified atom stereocenters. The van der Waals surface area contributed by atoms with Crippen LogP contribution < -0.4 is 9.47 Å². The lowest BCUT2D eigenvalue weighted by Crippen LogP contribution is -2.56. The molecular weight excluding hydrogens is 602 g/mol. The number of rotatable bonds is 12. The zero-order valence-electron chi connectivity index (χ0n) is 24.3. The van der Waals surface area contributed by atoms with Crippen LogP contribution in [-0.4, -0.2) is 73.3 Å². The summed E-state index contributed by atoms with van der Waals surface area (Å²) in [6.07, 6.45) is -5.39. The third kappa shape index (κ3) is 9.75. The van der Waals surface area contributed by atoms with Crippen molar-refractivity contribution in [3.8, 4) is 11.5 Å². The molecular formula is C29H29NO15. The van der Waals surface area contributed by atoms with Crippen LogP contribution in [0.1, 0.15) is 36.2 Å². The maximum Gasteiger partial charge on any atom is 0.514 e. The summed E-state index contributed by atoms with van der Waals surface area (Å²) in [4.78, 5) is 71.3. The number of nitro benzene ring substituents is 1. The number of carbonyl (C=O) groups is 5. The Hall–Kier alpha value is -5.51. The molecule has 0 bridgehead atoms. The lowest BCUT2D eigenvalue weighted by Gasteiger charge is -2.38. The number of carbonyl (C=O) groups excluding carboxylic acids is 5. The second-order valence-corrected chi connectivity index (χ2v) is 9.19. The number of esters is 4. The van der Waals surface area contributed by atoms with E-state index in [-0.39, 0.29) is 42.4 Å². The molecule has 0 N–H and O–H groups in total. The van der Waals surface area contributed by atoms with Gasteiger partial charge in [-0.2, -0.15) is 0 Å². The molecule has 16 heteroatoms. The SMILES string of the molecule is C=CCOC(=O)c1cc(COC(=O)Oc2ccc([N+](=O)[O-])cc2)ccc1OC1CC(OC(C)=O)[C@H](OC(C)=O)[C@@H](C(=O)OC)O1. The Kier molecular flexibility index (Phi) is 11.9. The first kappa shape index (κ1) is 34.0. The Labute approximate surface area is 255 Å². The van der Waals surface area contributed by atoms with Crippen LogP contribution in [0.5, 0.6) is 11.5 Å². The van der Waals surface area contributed by atoms with Crippen molar-refractivity contribution in [2.24, 2.45) is 0 Å². The van der Waals surface area contributed by atoms with Gasteiger partial charge in [-0.1, -0.05) is 18.7 Å². The van der Waals surface area contributed by atoms with E-state index in [4.69, 9.17) is 37.9 Å². The van der Waals surface area contributed by atoms with Crippen molar-refractivity contribution < 1.29 is 66.8 Å². The first-order valence-electron chi connectivity index (χ1n) is 13.2. The van der Waals surface area contributed by atoms with Crippen LogP contribution in [0, 0.1) is 10.1 Å². The molecule has 1 fully saturated rings. The zero-order valence-corrected chi connectivity index (χ0v) is 24.3. The van der Waals surface area contributed by atoms with Crippen LogP contribution in [0.2, 0.25) is 0 Å². The average molecular weight is 632 g/mol. The smallest absolute Gasteiger partial charge is 0.467 e. The van der Waals surface area contributed by atoms with Gasteiger partial charge in [-0.15, -0.1) is 0 Å². The van der Waals surface area contributed by atoms with E-state index >= 15 is 0 Å². The second kappa shape index (κ2) is 15.8. The van der Waals surface area contributed by atoms with Crippen LogP contribution in [0.4, 0.5) is 10.5 Å². The molecule has 0 amide bonds. The highest BCUT2D eigenvalue weighted by molar-refractivity contribution is 5.92. The van der Waals surface area contributed by atoms with Gasteiger partial charge in [-0.3, -0.25) is 19.7 Å². The zero-order chi connectivity index (χ0) is 33.1. The summed E-state index contributed by atoms with van der Waals surface area (Å²) in [5, 5.41) is 10.8. The number of nitrogens with zero attached hydrogens (tertiary/aromatic N) is 1. The lowest BCUT2D eigenvalue weighted by molar-refractivity contribution is -0.384. The fourth-order valence-electron chi connectivity index (χ4n) is 4.04. The van der Waals surface area contributed by atoms with Gasteiger partial charge in [0.1, 0.15) is 36.4 Å². The molecule has 0 aromatic heterocycles. The molecule has 16 nitrogen and oxygen atoms in total. The topological polar surface area (TPSA) is 202 Å². The number of hydrogen-bond donors (Lipinski definition) is 0. The molecule has 0 aliphatic carbocycles. The summed E-state index contributed by atoms with van der Waals surface area (Å²) in [7, 11) is 1.08. The largest absolute Gasteiger partial charge is 0.514 e. The minimum atomic E-state index is -1.55. The van der Waals surface area contributed by atoms with E-state index in [9.17, 15) is 34.1 Å². The van der Waals surface area contributed by atoms with Gasteiger partial charge in [0.25, 0.3) is 5.69 Å². The summed E-state index contributed by atoms with van der Waals surface area (Å²) in [5.74, 6) is -3.37. The standard InChI is InChI=1S/C29H29NO15/c1-5-12-39-27(33)21-13-18(15-40-29(35)43-20-9-7-19(8-10-20)30(36)37)6-11-22(21)44-24-14-23(41-16(2)31)25(42-17(3)32)26(45-24)28(34)38-4/h5-11,13,23-26H,1,12,14-15H2,2-4H3/t23?,24?,25-,26-/m0/s1. The molecule has 240 valence electrons. The van der Waals surface area contributed by atoms with E-state index in [1.54, 1.807) is 0 Å². The van der Waals surface area contributed by atoms with Gasteiger partial charge in [-0.05, 0) is 29.8 Å². The lowest BCUT2D eigenvalue weighted by atomic mass is 10.0. The van der Waals surface area contributed by atoms with E-state index in [1.165, 1.54) is 36.4 Å². The summed E-state index contributed by atoms with van der Waals surface area (Å²) in [5.41, 5.74) is -0.0243. The number of benzene rings is 2. The van der Waals surface area contributed by atoms with Crippen molar-refractivity contribution in [2.75, 3.05) is 13.7 Å². The highest BCUT2D eigenvalue weighted by Gasteiger charge is 2.48. The summed E-state index contributed by atoms with van der Waals surface area (Å²) in [6, 6.07) is 8.85. The van der Waals surface area contributed by atoms with Crippen LogP contribution in [-0.2, 0) is 49.4 Å². The van der Waals surface area contributed by atoms with Gasteiger partial charge < -0.3 is 37.9 Å². The summed E-state index contributed by atoms with van der Waals surface area (Å²) >= 11 is 0. The van der Waals surface area contributed by atoms with Crippen molar-refractivity contribution in [1.29, 1.82) is 0 Å². The Morgan fingerprint density at radius 2 is 1.71 bits per heavy atom. The summed E-state index contributed by atoms with van der Waals surface area (Å²) < 4.78 is 42.1. The fourth-order valence-corrected chi connectivity index (χ4v) is 4.04. The van der Waals surface area contributed by atoms with Crippen molar-refractivity contribution in [2.45, 2.75) is 51.5 Å². The molecule has 2 aromatic carbocycles. The number of hydrogen-bond acceptors (Lipinski definition) is 15. The van der Waals surface area contributed by atoms with Crippen molar-refractivity contribution >= 4 is 35.7 Å². The van der Waals surface area contributed by atoms with Crippen LogP contribution in [0.15, 0.2) is 55.1 Å². The van der Waals surface area contributed by atoms with Gasteiger partial charge >= 0.3 is 30.0 Å². The predicted octanol–water partition coefficient (Wildman–Crippen LogP) is 3.18. The van der Waals surface area contributed by atoms with Crippen molar-refractivity contribution in [1.82, 2.24) is 0 Å². The second-order valence-electron chi connectivity index (χ2n) is 9.19. The van der Waals surface area contributed by atoms with E-state index in [2.05, 4.69) is 6.58 Å². The van der Waals surface area contributed by atoms with Gasteiger partial charge in [0.05, 0.1) is 18.5 Å². The minimum Gasteiger partial charge on any atom is -0.467 e. The number of ether oxygens (including phenoxy) is 8. The van der Waals surface area contributed by atoms with Gasteiger partial charge in [0.2, 0.25) is 6.29 Å². The highest BCUT2D eigenvalue weighted by Crippen LogP contribution is 2.31. The molecule has 45 heavy (non-hydrogen) atoms. The maximum absolute atomic E-state index is 12.9. The van der Waals surface area contributed by atoms with E-state index in [0.29, 0.717) is 5.56 Å². The van der Waals surface area contributed by atoms with Gasteiger partial charge in [0, 0.05) is 26.0 Å². The van der Waals surface area contributed by atoms with E-state index < -0.39 is 59.6 Å². The predicted molar refractivity (Wildman–Crippen MR) is 148 cm³/mol. The highest BCUT2D eigenvalue weighted by atomic mass is 16.7. The number of non-ortho nitro benzene ring substituents is 1. The monoisotopic (exact) mass is 631 g/mol. The third-order valence-electron chi connectivity index (χ3n) is 5.90. The Morgan fingerprint density at radius 1 is 1.02 bits per heavy atom. The van der Waals surface area contributed by atoms with Gasteiger partial charge in [0.15, 0.2) is 12.2 Å². The minimum absolute atomic E-state index is 0.00350. The third-order valence-corrected chi connectivity index (χ3v) is 5.90. The molecule has 0 saturated carbocycles. The van der Waals surface area contributed by atoms with E-state index in [1.807, 2.05) is 0 Å². The van der Waals surface area contributed by atoms with Gasteiger partial charge in [-0.25, -0.2) is 14.4 Å². The number of nitro groups is 1. The van der Waals surface area contributed by atoms with Crippen LogP contribution in [0.25, 0.3) is 0 Å². The molecule has 1 aliphatic rings. The van der Waals surface area contributed by atoms with Crippen molar-refractivity contribution in [3.05, 3.63) is 76.4 Å². The van der Waals surface area contributed by atoms with Crippen molar-refractivity contribution in [3.63, 3.8) is 0 Å². The fraction of sp³-hybridized carbons (Fsp3) is 0.345. The quantitative estimate of drug-likeness (QED) is 0.0824. The average Bonchev–Trinajstić information content (AvgIpc) is 2.99. The number of methoxy groups -OCH3 is 1. The Bertz CT molecular complexity index is 1440.